The summed E-state index contributed by atoms with van der Waals surface area (Å²) in [6.45, 7) is 0. The normalized spacial score (nSPS) is 18.5. The maximum atomic E-state index is 13.3. The molecule has 28 heavy (non-hydrogen) atoms. The minimum absolute atomic E-state index is 0.219. The van der Waals surface area contributed by atoms with E-state index in [1.165, 1.54) is 17.0 Å². The third kappa shape index (κ3) is 3.30. The number of anilines is 1. The molecule has 2 aliphatic rings. The number of rotatable bonds is 4. The molecule has 2 fully saturated rings. The smallest absolute Gasteiger partial charge is 0.251 e. The molecule has 0 atom stereocenters. The molecule has 144 valence electrons. The molecule has 2 aromatic carbocycles. The Morgan fingerprint density at radius 2 is 1.46 bits per heavy atom. The minimum atomic E-state index is -0.496. The number of benzene rings is 2. The van der Waals surface area contributed by atoms with Crippen LogP contribution in [0.4, 0.5) is 10.1 Å². The summed E-state index contributed by atoms with van der Waals surface area (Å²) in [5.41, 5.74) is 1.35. The van der Waals surface area contributed by atoms with Gasteiger partial charge in [0.1, 0.15) is 5.82 Å². The highest BCUT2D eigenvalue weighted by atomic mass is 19.1. The van der Waals surface area contributed by atoms with Gasteiger partial charge in [-0.1, -0.05) is 25.0 Å². The van der Waals surface area contributed by atoms with E-state index in [1.54, 1.807) is 36.4 Å². The Morgan fingerprint density at radius 1 is 0.893 bits per heavy atom. The molecule has 6 heteroatoms. The Morgan fingerprint density at radius 3 is 2.04 bits per heavy atom. The highest BCUT2D eigenvalue weighted by Gasteiger charge is 2.37. The molecule has 1 heterocycles. The second kappa shape index (κ2) is 7.19. The van der Waals surface area contributed by atoms with Gasteiger partial charge in [0.25, 0.3) is 5.91 Å². The molecule has 0 bridgehead atoms. The number of hydrogen-bond acceptors (Lipinski definition) is 3. The summed E-state index contributed by atoms with van der Waals surface area (Å²) in [7, 11) is 0. The molecule has 0 unspecified atom stereocenters. The average Bonchev–Trinajstić information content (AvgIpc) is 3.30. The Balaban J connectivity index is 1.54. The molecule has 1 saturated heterocycles. The third-order valence-corrected chi connectivity index (χ3v) is 5.65. The van der Waals surface area contributed by atoms with Crippen LogP contribution in [0.15, 0.2) is 48.5 Å². The molecule has 0 radical (unpaired) electrons. The monoisotopic (exact) mass is 380 g/mol. The predicted octanol–water partition coefficient (Wildman–Crippen LogP) is 3.68. The second-order valence-electron chi connectivity index (χ2n) is 7.42. The van der Waals surface area contributed by atoms with Crippen LogP contribution in [0.2, 0.25) is 0 Å². The number of carbonyl (C=O) groups is 3. The van der Waals surface area contributed by atoms with E-state index in [0.717, 1.165) is 31.2 Å². The largest absolute Gasteiger partial charge is 0.343 e. The molecule has 1 aliphatic heterocycles. The third-order valence-electron chi connectivity index (χ3n) is 5.65. The number of hydrogen-bond donors (Lipinski definition) is 1. The summed E-state index contributed by atoms with van der Waals surface area (Å²) in [5, 5.41) is 3.14. The molecule has 1 saturated carbocycles. The van der Waals surface area contributed by atoms with Gasteiger partial charge in [0.15, 0.2) is 0 Å². The van der Waals surface area contributed by atoms with Gasteiger partial charge in [0.05, 0.1) is 11.2 Å². The van der Waals surface area contributed by atoms with Crippen molar-refractivity contribution in [2.24, 2.45) is 0 Å². The van der Waals surface area contributed by atoms with Crippen molar-refractivity contribution in [2.75, 3.05) is 4.90 Å². The van der Waals surface area contributed by atoms with Crippen LogP contribution in [-0.2, 0) is 15.1 Å². The number of nitrogens with one attached hydrogen (secondary N) is 1. The molecule has 5 nitrogen and oxygen atoms in total. The standard InChI is InChI=1S/C22H21FN2O3/c23-17-7-5-16(6-8-17)22(13-1-2-14-22)24-21(28)15-3-9-18(10-4-15)25-19(26)11-12-20(25)27/h3-10H,1-2,11-14H2,(H,24,28). The van der Waals surface area contributed by atoms with Gasteiger partial charge in [-0.3, -0.25) is 19.3 Å². The maximum absolute atomic E-state index is 13.3. The summed E-state index contributed by atoms with van der Waals surface area (Å²) in [6, 6.07) is 12.8. The van der Waals surface area contributed by atoms with E-state index in [9.17, 15) is 18.8 Å². The van der Waals surface area contributed by atoms with E-state index < -0.39 is 5.54 Å². The highest BCUT2D eigenvalue weighted by molar-refractivity contribution is 6.19. The lowest BCUT2D eigenvalue weighted by molar-refractivity contribution is -0.121. The van der Waals surface area contributed by atoms with E-state index in [1.807, 2.05) is 0 Å². The number of amides is 3. The van der Waals surface area contributed by atoms with Crippen molar-refractivity contribution in [1.82, 2.24) is 5.32 Å². The van der Waals surface area contributed by atoms with Crippen LogP contribution in [0.25, 0.3) is 0 Å². The van der Waals surface area contributed by atoms with Crippen molar-refractivity contribution < 1.29 is 18.8 Å². The van der Waals surface area contributed by atoms with Gasteiger partial charge in [-0.05, 0) is 54.8 Å². The van der Waals surface area contributed by atoms with Gasteiger partial charge in [0.2, 0.25) is 11.8 Å². The first-order valence-corrected chi connectivity index (χ1v) is 9.53. The van der Waals surface area contributed by atoms with Crippen LogP contribution >= 0.6 is 0 Å². The molecule has 1 aliphatic carbocycles. The van der Waals surface area contributed by atoms with Gasteiger partial charge in [-0.15, -0.1) is 0 Å². The number of carbonyl (C=O) groups excluding carboxylic acids is 3. The van der Waals surface area contributed by atoms with Gasteiger partial charge < -0.3 is 5.32 Å². The van der Waals surface area contributed by atoms with Gasteiger partial charge in [-0.25, -0.2) is 4.39 Å². The molecule has 2 aromatic rings. The molecule has 0 spiro atoms. The van der Waals surface area contributed by atoms with Crippen LogP contribution < -0.4 is 10.2 Å². The van der Waals surface area contributed by atoms with Crippen molar-refractivity contribution >= 4 is 23.4 Å². The summed E-state index contributed by atoms with van der Waals surface area (Å²) in [5.74, 6) is -0.964. The lowest BCUT2D eigenvalue weighted by Crippen LogP contribution is -2.43. The van der Waals surface area contributed by atoms with Crippen molar-refractivity contribution in [2.45, 2.75) is 44.1 Å². The van der Waals surface area contributed by atoms with Crippen molar-refractivity contribution in [1.29, 1.82) is 0 Å². The fourth-order valence-electron chi connectivity index (χ4n) is 4.15. The van der Waals surface area contributed by atoms with Gasteiger partial charge >= 0.3 is 0 Å². The Kier molecular flexibility index (Phi) is 4.71. The Hall–Kier alpha value is -3.02. The molecule has 0 aromatic heterocycles. The zero-order chi connectivity index (χ0) is 19.7. The van der Waals surface area contributed by atoms with Crippen LogP contribution in [-0.4, -0.2) is 17.7 Å². The van der Waals surface area contributed by atoms with E-state index in [-0.39, 0.29) is 36.4 Å². The number of nitrogens with zero attached hydrogens (tertiary/aromatic N) is 1. The van der Waals surface area contributed by atoms with Crippen molar-refractivity contribution in [3.63, 3.8) is 0 Å². The number of imide groups is 1. The zero-order valence-electron chi connectivity index (χ0n) is 15.4. The van der Waals surface area contributed by atoms with E-state index in [2.05, 4.69) is 5.32 Å². The quantitative estimate of drug-likeness (QED) is 0.823. The molecule has 4 rings (SSSR count). The average molecular weight is 380 g/mol. The van der Waals surface area contributed by atoms with E-state index >= 15 is 0 Å². The molecule has 3 amide bonds. The first-order valence-electron chi connectivity index (χ1n) is 9.53. The zero-order valence-corrected chi connectivity index (χ0v) is 15.4. The summed E-state index contributed by atoms with van der Waals surface area (Å²) >= 11 is 0. The maximum Gasteiger partial charge on any atom is 0.251 e. The minimum Gasteiger partial charge on any atom is -0.343 e. The Bertz CT molecular complexity index is 900. The van der Waals surface area contributed by atoms with Crippen LogP contribution in [0.3, 0.4) is 0 Å². The topological polar surface area (TPSA) is 66.5 Å². The Labute approximate surface area is 162 Å². The van der Waals surface area contributed by atoms with Crippen LogP contribution in [0.5, 0.6) is 0 Å². The lowest BCUT2D eigenvalue weighted by atomic mass is 9.87. The lowest BCUT2D eigenvalue weighted by Gasteiger charge is -2.31. The predicted molar refractivity (Wildman–Crippen MR) is 102 cm³/mol. The molecular formula is C22H21FN2O3. The highest BCUT2D eigenvalue weighted by Crippen LogP contribution is 2.39. The van der Waals surface area contributed by atoms with Crippen molar-refractivity contribution in [3.8, 4) is 0 Å². The van der Waals surface area contributed by atoms with Crippen LogP contribution in [0.1, 0.15) is 54.4 Å². The van der Waals surface area contributed by atoms with E-state index in [0.29, 0.717) is 11.3 Å². The summed E-state index contributed by atoms with van der Waals surface area (Å²) in [6.07, 6.45) is 4.05. The van der Waals surface area contributed by atoms with Crippen molar-refractivity contribution in [3.05, 3.63) is 65.5 Å². The fraction of sp³-hybridized carbons (Fsp3) is 0.318. The van der Waals surface area contributed by atoms with E-state index in [4.69, 9.17) is 0 Å². The molecular weight excluding hydrogens is 359 g/mol. The van der Waals surface area contributed by atoms with Gasteiger partial charge in [0, 0.05) is 18.4 Å². The number of halogens is 1. The van der Waals surface area contributed by atoms with Crippen LogP contribution in [0, 0.1) is 5.82 Å². The SMILES string of the molecule is O=C(NC1(c2ccc(F)cc2)CCCC1)c1ccc(N2C(=O)CCC2=O)cc1. The summed E-state index contributed by atoms with van der Waals surface area (Å²) < 4.78 is 13.3. The fourth-order valence-corrected chi connectivity index (χ4v) is 4.15. The first-order chi connectivity index (χ1) is 13.5. The summed E-state index contributed by atoms with van der Waals surface area (Å²) in [4.78, 5) is 37.8. The van der Waals surface area contributed by atoms with Gasteiger partial charge in [-0.2, -0.15) is 0 Å². The first kappa shape index (κ1) is 18.3. The second-order valence-corrected chi connectivity index (χ2v) is 7.42. The molecule has 1 N–H and O–H groups in total.